The minimum Gasteiger partial charge on any atom is -0.298 e. The molecule has 0 aliphatic carbocycles. The third kappa shape index (κ3) is 1.41. The minimum absolute atomic E-state index is 0.359. The molecule has 2 heteroatoms. The fourth-order valence-electron chi connectivity index (χ4n) is 0.833. The summed E-state index contributed by atoms with van der Waals surface area (Å²) in [6.07, 6.45) is 0.635. The van der Waals surface area contributed by atoms with Crippen LogP contribution in [0, 0.1) is 12.7 Å². The zero-order chi connectivity index (χ0) is 7.56. The highest BCUT2D eigenvalue weighted by Crippen LogP contribution is 2.05. The van der Waals surface area contributed by atoms with E-state index in [1.807, 2.05) is 0 Å². The number of aldehydes is 1. The molecule has 1 aromatic carbocycles. The van der Waals surface area contributed by atoms with Crippen molar-refractivity contribution >= 4 is 6.29 Å². The number of rotatable bonds is 1. The number of hydrogen-bond acceptors (Lipinski definition) is 1. The Balaban J connectivity index is 3.18. The van der Waals surface area contributed by atoms with Gasteiger partial charge in [0.2, 0.25) is 0 Å². The second kappa shape index (κ2) is 2.60. The molecule has 0 aliphatic rings. The van der Waals surface area contributed by atoms with Crippen LogP contribution in [0.1, 0.15) is 15.9 Å². The monoisotopic (exact) mass is 138 g/mol. The van der Waals surface area contributed by atoms with Crippen LogP contribution in [-0.4, -0.2) is 6.29 Å². The molecule has 1 aromatic rings. The van der Waals surface area contributed by atoms with Gasteiger partial charge >= 0.3 is 0 Å². The number of halogens is 1. The molecule has 0 aliphatic heterocycles. The van der Waals surface area contributed by atoms with Crippen molar-refractivity contribution in [3.05, 3.63) is 35.1 Å². The van der Waals surface area contributed by atoms with Crippen LogP contribution in [0.4, 0.5) is 4.39 Å². The topological polar surface area (TPSA) is 17.1 Å². The van der Waals surface area contributed by atoms with Gasteiger partial charge in [-0.05, 0) is 30.7 Å². The minimum atomic E-state index is -0.359. The van der Waals surface area contributed by atoms with Gasteiger partial charge in [0.15, 0.2) is 0 Å². The number of carbonyl (C=O) groups excluding carboxylic acids is 1. The van der Waals surface area contributed by atoms with E-state index >= 15 is 0 Å². The molecule has 0 unspecified atom stereocenters. The zero-order valence-electron chi connectivity index (χ0n) is 5.60. The molecular formula is C8H7FO. The van der Waals surface area contributed by atoms with E-state index in [0.717, 1.165) is 5.56 Å². The second-order valence-corrected chi connectivity index (χ2v) is 2.18. The van der Waals surface area contributed by atoms with Crippen molar-refractivity contribution in [1.82, 2.24) is 0 Å². The van der Waals surface area contributed by atoms with Crippen LogP contribution in [0.25, 0.3) is 0 Å². The van der Waals surface area contributed by atoms with Gasteiger partial charge in [0.05, 0.1) is 0 Å². The lowest BCUT2D eigenvalue weighted by molar-refractivity contribution is 0.112. The molecule has 0 aromatic heterocycles. The number of hydrogen-bond donors (Lipinski definition) is 0. The maximum Gasteiger partial charge on any atom is 0.150 e. The molecule has 0 spiro atoms. The van der Waals surface area contributed by atoms with E-state index in [-0.39, 0.29) is 5.82 Å². The first-order chi connectivity index (χ1) is 4.72. The summed E-state index contributed by atoms with van der Waals surface area (Å²) in [4.78, 5) is 10.1. The zero-order valence-corrected chi connectivity index (χ0v) is 5.60. The molecule has 0 amide bonds. The van der Waals surface area contributed by atoms with Crippen LogP contribution in [0.15, 0.2) is 18.2 Å². The molecule has 1 rings (SSSR count). The van der Waals surface area contributed by atoms with Gasteiger partial charge in [0.25, 0.3) is 0 Å². The molecule has 0 heterocycles. The van der Waals surface area contributed by atoms with Gasteiger partial charge in [-0.2, -0.15) is 0 Å². The quantitative estimate of drug-likeness (QED) is 0.542. The first-order valence-electron chi connectivity index (χ1n) is 2.95. The highest BCUT2D eigenvalue weighted by Gasteiger charge is 1.94. The summed E-state index contributed by atoms with van der Waals surface area (Å²) in [7, 11) is 0. The van der Waals surface area contributed by atoms with Crippen LogP contribution in [0.3, 0.4) is 0 Å². The summed E-state index contributed by atoms with van der Waals surface area (Å²) in [5, 5.41) is 0. The van der Waals surface area contributed by atoms with Crippen molar-refractivity contribution in [1.29, 1.82) is 0 Å². The van der Waals surface area contributed by atoms with E-state index in [1.54, 1.807) is 13.0 Å². The number of carbonyl (C=O) groups is 1. The Morgan fingerprint density at radius 1 is 1.40 bits per heavy atom. The van der Waals surface area contributed by atoms with Gasteiger partial charge in [-0.3, -0.25) is 4.79 Å². The summed E-state index contributed by atoms with van der Waals surface area (Å²) < 4.78 is 12.5. The van der Waals surface area contributed by atoms with Gasteiger partial charge in [0.1, 0.15) is 12.1 Å². The van der Waals surface area contributed by atoms with Crippen LogP contribution < -0.4 is 0 Å². The lowest BCUT2D eigenvalue weighted by Crippen LogP contribution is -1.83. The molecule has 0 saturated carbocycles. The van der Waals surface area contributed by atoms with Crippen molar-refractivity contribution in [2.75, 3.05) is 0 Å². The second-order valence-electron chi connectivity index (χ2n) is 2.18. The first-order valence-corrected chi connectivity index (χ1v) is 2.95. The highest BCUT2D eigenvalue weighted by molar-refractivity contribution is 5.74. The van der Waals surface area contributed by atoms with Crippen LogP contribution in [0.5, 0.6) is 0 Å². The van der Waals surface area contributed by atoms with E-state index in [4.69, 9.17) is 0 Å². The molecule has 0 radical (unpaired) electrons. The summed E-state index contributed by atoms with van der Waals surface area (Å²) in [5.41, 5.74) is 1.15. The third-order valence-corrected chi connectivity index (χ3v) is 1.20. The maximum atomic E-state index is 12.5. The highest BCUT2D eigenvalue weighted by atomic mass is 19.1. The molecule has 10 heavy (non-hydrogen) atoms. The Kier molecular flexibility index (Phi) is 1.81. The van der Waals surface area contributed by atoms with E-state index in [1.165, 1.54) is 12.1 Å². The first kappa shape index (κ1) is 6.93. The van der Waals surface area contributed by atoms with Crippen molar-refractivity contribution in [2.45, 2.75) is 6.92 Å². The van der Waals surface area contributed by atoms with Gasteiger partial charge < -0.3 is 0 Å². The van der Waals surface area contributed by atoms with Crippen molar-refractivity contribution in [3.63, 3.8) is 0 Å². The van der Waals surface area contributed by atoms with Gasteiger partial charge in [-0.15, -0.1) is 0 Å². The van der Waals surface area contributed by atoms with Crippen LogP contribution in [-0.2, 0) is 0 Å². The van der Waals surface area contributed by atoms with Crippen molar-refractivity contribution in [2.24, 2.45) is 0 Å². The molecule has 52 valence electrons. The fraction of sp³-hybridized carbons (Fsp3) is 0.125. The Bertz CT molecular complexity index is 235. The van der Waals surface area contributed by atoms with Gasteiger partial charge in [0, 0.05) is 5.56 Å². The summed E-state index contributed by atoms with van der Waals surface area (Å²) in [5.74, 6) is -0.359. The van der Waals surface area contributed by atoms with Crippen LogP contribution in [0.2, 0.25) is 0 Å². The Morgan fingerprint density at radius 2 is 2.10 bits per heavy atom. The van der Waals surface area contributed by atoms with E-state index in [2.05, 4.69) is 0 Å². The number of benzene rings is 1. The predicted octanol–water partition coefficient (Wildman–Crippen LogP) is 1.95. The fourth-order valence-corrected chi connectivity index (χ4v) is 0.833. The van der Waals surface area contributed by atoms with Gasteiger partial charge in [-0.25, -0.2) is 4.39 Å². The third-order valence-electron chi connectivity index (χ3n) is 1.20. The Morgan fingerprint density at radius 3 is 2.60 bits per heavy atom. The number of aryl methyl sites for hydroxylation is 1. The van der Waals surface area contributed by atoms with E-state index in [0.29, 0.717) is 11.8 Å². The molecule has 0 bridgehead atoms. The van der Waals surface area contributed by atoms with Crippen molar-refractivity contribution < 1.29 is 9.18 Å². The summed E-state index contributed by atoms with van der Waals surface area (Å²) in [6, 6.07) is 4.23. The maximum absolute atomic E-state index is 12.5. The molecule has 0 saturated heterocycles. The average molecular weight is 138 g/mol. The molecule has 0 atom stereocenters. The summed E-state index contributed by atoms with van der Waals surface area (Å²) >= 11 is 0. The lowest BCUT2D eigenvalue weighted by Gasteiger charge is -1.93. The van der Waals surface area contributed by atoms with Crippen molar-refractivity contribution in [3.8, 4) is 0 Å². The standard InChI is InChI=1S/C8H7FO/c1-6-2-7(5-10)4-8(9)3-6/h2-5H,1H3. The summed E-state index contributed by atoms with van der Waals surface area (Å²) in [6.45, 7) is 1.75. The largest absolute Gasteiger partial charge is 0.298 e. The smallest absolute Gasteiger partial charge is 0.150 e. The normalized spacial score (nSPS) is 9.40. The van der Waals surface area contributed by atoms with Crippen LogP contribution >= 0.6 is 0 Å². The molecular weight excluding hydrogens is 131 g/mol. The Hall–Kier alpha value is -1.18. The Labute approximate surface area is 58.5 Å². The lowest BCUT2D eigenvalue weighted by atomic mass is 10.1. The SMILES string of the molecule is Cc1cc(F)cc(C=O)c1. The molecule has 1 nitrogen and oxygen atoms in total. The predicted molar refractivity (Wildman–Crippen MR) is 36.5 cm³/mol. The molecule has 0 N–H and O–H groups in total. The van der Waals surface area contributed by atoms with E-state index in [9.17, 15) is 9.18 Å². The van der Waals surface area contributed by atoms with E-state index < -0.39 is 0 Å². The van der Waals surface area contributed by atoms with Gasteiger partial charge in [-0.1, -0.05) is 0 Å². The average Bonchev–Trinajstić information content (AvgIpc) is 1.85. The molecule has 0 fully saturated rings.